The lowest BCUT2D eigenvalue weighted by Gasteiger charge is -2.30. The number of carbonyl (C=O) groups is 2. The van der Waals surface area contributed by atoms with Crippen LogP contribution in [0.5, 0.6) is 0 Å². The zero-order valence-corrected chi connectivity index (χ0v) is 12.7. The number of nitrogens with zero attached hydrogens (tertiary/aromatic N) is 2. The summed E-state index contributed by atoms with van der Waals surface area (Å²) in [6.07, 6.45) is 2.10. The van der Waals surface area contributed by atoms with Gasteiger partial charge in [0.1, 0.15) is 6.29 Å². The molecule has 2 heterocycles. The van der Waals surface area contributed by atoms with E-state index in [1.54, 1.807) is 4.90 Å². The summed E-state index contributed by atoms with van der Waals surface area (Å²) in [6, 6.07) is 8.12. The lowest BCUT2D eigenvalue weighted by molar-refractivity contribution is -0.121. The van der Waals surface area contributed by atoms with Gasteiger partial charge in [0.15, 0.2) is 0 Å². The number of piperidine rings is 1. The molecule has 22 heavy (non-hydrogen) atoms. The third kappa shape index (κ3) is 3.54. The number of amides is 1. The summed E-state index contributed by atoms with van der Waals surface area (Å²) in [6.45, 7) is 4.95. The summed E-state index contributed by atoms with van der Waals surface area (Å²) in [5, 5.41) is 0. The summed E-state index contributed by atoms with van der Waals surface area (Å²) in [5.41, 5.74) is 2.13. The lowest BCUT2D eigenvalue weighted by Crippen LogP contribution is -2.40. The number of hydrogen-bond acceptors (Lipinski definition) is 4. The third-order valence-electron chi connectivity index (χ3n) is 4.40. The maximum absolute atomic E-state index is 12.0. The van der Waals surface area contributed by atoms with E-state index in [2.05, 4.69) is 17.0 Å². The summed E-state index contributed by atoms with van der Waals surface area (Å²) < 4.78 is 5.35. The molecule has 0 aromatic heterocycles. The standard InChI is InChI=1S/C17H22N2O3/c20-13-15-3-6-17(21)19(12-15)16-4-1-14(2-5-16)11-18-7-9-22-10-8-18/h1-2,4-5,13,15H,3,6-12H2. The molecular formula is C17H22N2O3. The van der Waals surface area contributed by atoms with Crippen LogP contribution in [0.2, 0.25) is 0 Å². The molecule has 1 aromatic carbocycles. The van der Waals surface area contributed by atoms with Crippen molar-refractivity contribution in [2.45, 2.75) is 19.4 Å². The van der Waals surface area contributed by atoms with E-state index in [1.807, 2.05) is 12.1 Å². The van der Waals surface area contributed by atoms with E-state index >= 15 is 0 Å². The number of ether oxygens (including phenoxy) is 1. The fraction of sp³-hybridized carbons (Fsp3) is 0.529. The molecule has 118 valence electrons. The third-order valence-corrected chi connectivity index (χ3v) is 4.40. The predicted octanol–water partition coefficient (Wildman–Crippen LogP) is 1.46. The molecule has 0 N–H and O–H groups in total. The Morgan fingerprint density at radius 3 is 2.59 bits per heavy atom. The average molecular weight is 302 g/mol. The number of hydrogen-bond donors (Lipinski definition) is 0. The van der Waals surface area contributed by atoms with Crippen molar-refractivity contribution in [3.05, 3.63) is 29.8 Å². The molecule has 5 heteroatoms. The van der Waals surface area contributed by atoms with Gasteiger partial charge in [-0.3, -0.25) is 9.69 Å². The first-order chi connectivity index (χ1) is 10.8. The van der Waals surface area contributed by atoms with E-state index < -0.39 is 0 Å². The van der Waals surface area contributed by atoms with Crippen LogP contribution in [0.25, 0.3) is 0 Å². The van der Waals surface area contributed by atoms with E-state index in [0.29, 0.717) is 19.4 Å². The van der Waals surface area contributed by atoms with Crippen molar-refractivity contribution < 1.29 is 14.3 Å². The van der Waals surface area contributed by atoms with Gasteiger partial charge in [-0.05, 0) is 24.1 Å². The van der Waals surface area contributed by atoms with E-state index in [-0.39, 0.29) is 11.8 Å². The Balaban J connectivity index is 1.65. The highest BCUT2D eigenvalue weighted by Crippen LogP contribution is 2.24. The Morgan fingerprint density at radius 2 is 1.91 bits per heavy atom. The molecule has 1 aromatic rings. The van der Waals surface area contributed by atoms with Crippen molar-refractivity contribution in [2.75, 3.05) is 37.7 Å². The molecule has 1 atom stereocenters. The molecule has 1 amide bonds. The SMILES string of the molecule is O=CC1CCC(=O)N(c2ccc(CN3CCOCC3)cc2)C1. The molecule has 1 unspecified atom stereocenters. The Morgan fingerprint density at radius 1 is 1.18 bits per heavy atom. The number of carbonyl (C=O) groups excluding carboxylic acids is 2. The minimum Gasteiger partial charge on any atom is -0.379 e. The molecule has 0 saturated carbocycles. The molecule has 2 aliphatic rings. The van der Waals surface area contributed by atoms with Crippen molar-refractivity contribution >= 4 is 17.9 Å². The molecule has 0 aliphatic carbocycles. The summed E-state index contributed by atoms with van der Waals surface area (Å²) in [4.78, 5) is 27.1. The number of morpholine rings is 1. The number of aldehydes is 1. The topological polar surface area (TPSA) is 49.9 Å². The lowest BCUT2D eigenvalue weighted by atomic mass is 9.98. The van der Waals surface area contributed by atoms with E-state index in [0.717, 1.165) is 44.8 Å². The summed E-state index contributed by atoms with van der Waals surface area (Å²) >= 11 is 0. The van der Waals surface area contributed by atoms with Gasteiger partial charge in [-0.15, -0.1) is 0 Å². The highest BCUT2D eigenvalue weighted by molar-refractivity contribution is 5.94. The Kier molecular flexibility index (Phi) is 4.85. The fourth-order valence-corrected chi connectivity index (χ4v) is 3.03. The quantitative estimate of drug-likeness (QED) is 0.790. The van der Waals surface area contributed by atoms with Gasteiger partial charge >= 0.3 is 0 Å². The van der Waals surface area contributed by atoms with Gasteiger partial charge in [0.05, 0.1) is 13.2 Å². The van der Waals surface area contributed by atoms with Crippen molar-refractivity contribution in [1.82, 2.24) is 4.90 Å². The first kappa shape index (κ1) is 15.2. The average Bonchev–Trinajstić information content (AvgIpc) is 2.57. The first-order valence-corrected chi connectivity index (χ1v) is 7.91. The highest BCUT2D eigenvalue weighted by atomic mass is 16.5. The van der Waals surface area contributed by atoms with Crippen LogP contribution >= 0.6 is 0 Å². The van der Waals surface area contributed by atoms with Crippen molar-refractivity contribution in [3.8, 4) is 0 Å². The molecule has 2 fully saturated rings. The van der Waals surface area contributed by atoms with Gasteiger partial charge < -0.3 is 14.4 Å². The Hall–Kier alpha value is -1.72. The second-order valence-corrected chi connectivity index (χ2v) is 5.99. The van der Waals surface area contributed by atoms with Crippen LogP contribution in [0, 0.1) is 5.92 Å². The van der Waals surface area contributed by atoms with Crippen molar-refractivity contribution in [3.63, 3.8) is 0 Å². The first-order valence-electron chi connectivity index (χ1n) is 7.91. The number of rotatable bonds is 4. The maximum Gasteiger partial charge on any atom is 0.227 e. The van der Waals surface area contributed by atoms with E-state index in [9.17, 15) is 9.59 Å². The maximum atomic E-state index is 12.0. The largest absolute Gasteiger partial charge is 0.379 e. The van der Waals surface area contributed by atoms with Gasteiger partial charge in [0.2, 0.25) is 5.91 Å². The van der Waals surface area contributed by atoms with Gasteiger partial charge in [-0.1, -0.05) is 12.1 Å². The highest BCUT2D eigenvalue weighted by Gasteiger charge is 2.26. The predicted molar refractivity (Wildman–Crippen MR) is 83.7 cm³/mol. The normalized spacial score (nSPS) is 23.5. The molecule has 5 nitrogen and oxygen atoms in total. The zero-order chi connectivity index (χ0) is 15.4. The minimum atomic E-state index is -0.0364. The number of benzene rings is 1. The second kappa shape index (κ2) is 7.03. The van der Waals surface area contributed by atoms with Crippen molar-refractivity contribution in [1.29, 1.82) is 0 Å². The molecule has 2 aliphatic heterocycles. The summed E-state index contributed by atoms with van der Waals surface area (Å²) in [7, 11) is 0. The van der Waals surface area contributed by atoms with Crippen LogP contribution in [-0.2, 0) is 20.9 Å². The van der Waals surface area contributed by atoms with Crippen LogP contribution in [0.3, 0.4) is 0 Å². The molecule has 0 spiro atoms. The Bertz CT molecular complexity index is 523. The molecule has 3 rings (SSSR count). The zero-order valence-electron chi connectivity index (χ0n) is 12.7. The number of anilines is 1. The van der Waals surface area contributed by atoms with E-state index in [4.69, 9.17) is 4.74 Å². The smallest absolute Gasteiger partial charge is 0.227 e. The second-order valence-electron chi connectivity index (χ2n) is 5.99. The van der Waals surface area contributed by atoms with Crippen LogP contribution in [0.1, 0.15) is 18.4 Å². The van der Waals surface area contributed by atoms with Gasteiger partial charge in [-0.2, -0.15) is 0 Å². The van der Waals surface area contributed by atoms with Crippen molar-refractivity contribution in [2.24, 2.45) is 5.92 Å². The van der Waals surface area contributed by atoms with Crippen LogP contribution < -0.4 is 4.90 Å². The van der Waals surface area contributed by atoms with Crippen LogP contribution in [-0.4, -0.2) is 49.9 Å². The molecule has 0 radical (unpaired) electrons. The molecule has 0 bridgehead atoms. The van der Waals surface area contributed by atoms with Crippen LogP contribution in [0.15, 0.2) is 24.3 Å². The van der Waals surface area contributed by atoms with E-state index in [1.165, 1.54) is 5.56 Å². The fourth-order valence-electron chi connectivity index (χ4n) is 3.03. The minimum absolute atomic E-state index is 0.0364. The van der Waals surface area contributed by atoms with Crippen LogP contribution in [0.4, 0.5) is 5.69 Å². The van der Waals surface area contributed by atoms with Gasteiger partial charge in [-0.25, -0.2) is 0 Å². The Labute approximate surface area is 130 Å². The van der Waals surface area contributed by atoms with Gasteiger partial charge in [0.25, 0.3) is 0 Å². The molecule has 2 saturated heterocycles. The van der Waals surface area contributed by atoms with Gasteiger partial charge in [0, 0.05) is 44.2 Å². The molecular weight excluding hydrogens is 280 g/mol. The summed E-state index contributed by atoms with van der Waals surface area (Å²) in [5.74, 6) is 0.0738. The monoisotopic (exact) mass is 302 g/mol.